The number of nitrogens with one attached hydrogen (secondary N) is 2. The van der Waals surface area contributed by atoms with Crippen molar-refractivity contribution in [2.45, 2.75) is 32.2 Å². The number of hydrogen-bond acceptors (Lipinski definition) is 4. The molecule has 0 aromatic heterocycles. The van der Waals surface area contributed by atoms with Crippen LogP contribution in [0, 0.1) is 0 Å². The van der Waals surface area contributed by atoms with E-state index in [1.807, 2.05) is 6.07 Å². The van der Waals surface area contributed by atoms with Crippen LogP contribution in [0.4, 0.5) is 0 Å². The minimum absolute atomic E-state index is 0.161. The molecular formula is C16H22N2O4. The van der Waals surface area contributed by atoms with Gasteiger partial charge in [-0.3, -0.25) is 14.4 Å². The van der Waals surface area contributed by atoms with E-state index in [0.29, 0.717) is 18.5 Å². The highest BCUT2D eigenvalue weighted by molar-refractivity contribution is 5.94. The number of carbonyl (C=O) groups excluding carboxylic acids is 3. The van der Waals surface area contributed by atoms with Gasteiger partial charge in [0.25, 0.3) is 5.91 Å². The van der Waals surface area contributed by atoms with Crippen LogP contribution in [0.5, 0.6) is 0 Å². The monoisotopic (exact) mass is 306 g/mol. The van der Waals surface area contributed by atoms with Crippen LogP contribution in [0.2, 0.25) is 0 Å². The molecule has 2 amide bonds. The van der Waals surface area contributed by atoms with Gasteiger partial charge in [0.2, 0.25) is 5.91 Å². The topological polar surface area (TPSA) is 84.5 Å². The van der Waals surface area contributed by atoms with Gasteiger partial charge in [0.1, 0.15) is 0 Å². The van der Waals surface area contributed by atoms with E-state index in [9.17, 15) is 14.4 Å². The highest BCUT2D eigenvalue weighted by atomic mass is 16.5. The van der Waals surface area contributed by atoms with Crippen LogP contribution in [-0.2, 0) is 14.3 Å². The van der Waals surface area contributed by atoms with Crippen molar-refractivity contribution in [3.05, 3.63) is 35.9 Å². The molecule has 22 heavy (non-hydrogen) atoms. The van der Waals surface area contributed by atoms with Gasteiger partial charge in [-0.2, -0.15) is 0 Å². The predicted molar refractivity (Wildman–Crippen MR) is 82.2 cm³/mol. The van der Waals surface area contributed by atoms with Crippen molar-refractivity contribution >= 4 is 17.8 Å². The number of rotatable bonds is 8. The zero-order valence-electron chi connectivity index (χ0n) is 12.9. The van der Waals surface area contributed by atoms with Crippen molar-refractivity contribution in [3.8, 4) is 0 Å². The average molecular weight is 306 g/mol. The maximum atomic E-state index is 11.9. The molecule has 0 saturated heterocycles. The summed E-state index contributed by atoms with van der Waals surface area (Å²) in [6, 6.07) is 8.57. The maximum absolute atomic E-state index is 11.9. The lowest BCUT2D eigenvalue weighted by Gasteiger charge is -2.13. The second-order valence-corrected chi connectivity index (χ2v) is 4.97. The molecule has 120 valence electrons. The molecule has 0 fully saturated rings. The van der Waals surface area contributed by atoms with Crippen LogP contribution >= 0.6 is 0 Å². The van der Waals surface area contributed by atoms with Gasteiger partial charge < -0.3 is 15.4 Å². The molecule has 0 saturated carbocycles. The van der Waals surface area contributed by atoms with E-state index < -0.39 is 0 Å². The molecule has 0 aliphatic heterocycles. The van der Waals surface area contributed by atoms with Crippen molar-refractivity contribution in [1.82, 2.24) is 10.6 Å². The molecule has 0 aliphatic rings. The van der Waals surface area contributed by atoms with Crippen molar-refractivity contribution in [1.29, 1.82) is 0 Å². The second-order valence-electron chi connectivity index (χ2n) is 4.97. The minimum atomic E-state index is -0.294. The molecular weight excluding hydrogens is 284 g/mol. The van der Waals surface area contributed by atoms with E-state index >= 15 is 0 Å². The number of benzene rings is 1. The van der Waals surface area contributed by atoms with Gasteiger partial charge in [0, 0.05) is 31.0 Å². The number of hydrogen-bond donors (Lipinski definition) is 2. The van der Waals surface area contributed by atoms with E-state index in [4.69, 9.17) is 0 Å². The summed E-state index contributed by atoms with van der Waals surface area (Å²) >= 11 is 0. The van der Waals surface area contributed by atoms with Crippen LogP contribution < -0.4 is 10.6 Å². The summed E-state index contributed by atoms with van der Waals surface area (Å²) in [6.45, 7) is 2.18. The van der Waals surface area contributed by atoms with Crippen molar-refractivity contribution in [3.63, 3.8) is 0 Å². The smallest absolute Gasteiger partial charge is 0.305 e. The normalized spacial score (nSPS) is 11.4. The highest BCUT2D eigenvalue weighted by Gasteiger charge is 2.12. The first-order valence-electron chi connectivity index (χ1n) is 7.22. The van der Waals surface area contributed by atoms with Gasteiger partial charge in [-0.05, 0) is 25.5 Å². The van der Waals surface area contributed by atoms with Gasteiger partial charge >= 0.3 is 5.97 Å². The fraction of sp³-hybridized carbons (Fsp3) is 0.438. The fourth-order valence-corrected chi connectivity index (χ4v) is 1.86. The molecule has 2 N–H and O–H groups in total. The quantitative estimate of drug-likeness (QED) is 0.559. The minimum Gasteiger partial charge on any atom is -0.469 e. The molecule has 0 spiro atoms. The fourth-order valence-electron chi connectivity index (χ4n) is 1.86. The summed E-state index contributed by atoms with van der Waals surface area (Å²) in [5, 5.41) is 5.48. The molecule has 1 aromatic rings. The number of carbonyl (C=O) groups is 3. The third-order valence-electron chi connectivity index (χ3n) is 3.01. The largest absolute Gasteiger partial charge is 0.469 e. The van der Waals surface area contributed by atoms with Gasteiger partial charge in [0.05, 0.1) is 7.11 Å². The molecule has 6 nitrogen and oxygen atoms in total. The number of amides is 2. The summed E-state index contributed by atoms with van der Waals surface area (Å²) in [7, 11) is 1.33. The number of ether oxygens (including phenoxy) is 1. The third-order valence-corrected chi connectivity index (χ3v) is 3.01. The van der Waals surface area contributed by atoms with E-state index in [2.05, 4.69) is 15.4 Å². The number of esters is 1. The summed E-state index contributed by atoms with van der Waals surface area (Å²) in [4.78, 5) is 34.5. The van der Waals surface area contributed by atoms with Crippen LogP contribution in [-0.4, -0.2) is 37.5 Å². The Balaban J connectivity index is 2.24. The standard InChI is InChI=1S/C16H22N2O4/c1-12(18-16(21)13-7-4-3-5-8-13)11-14(19)17-10-6-9-15(20)22-2/h3-5,7-8,12H,6,9-11H2,1-2H3,(H,17,19)(H,18,21). The zero-order valence-corrected chi connectivity index (χ0v) is 12.9. The Hall–Kier alpha value is -2.37. The second kappa shape index (κ2) is 9.55. The summed E-state index contributed by atoms with van der Waals surface area (Å²) in [6.07, 6.45) is 0.997. The Bertz CT molecular complexity index is 502. The molecule has 1 aromatic carbocycles. The molecule has 0 aliphatic carbocycles. The molecule has 0 heterocycles. The van der Waals surface area contributed by atoms with Crippen molar-refractivity contribution in [2.24, 2.45) is 0 Å². The van der Waals surface area contributed by atoms with Crippen LogP contribution in [0.25, 0.3) is 0 Å². The zero-order chi connectivity index (χ0) is 16.4. The first-order chi connectivity index (χ1) is 10.5. The van der Waals surface area contributed by atoms with Crippen LogP contribution in [0.3, 0.4) is 0 Å². The Morgan fingerprint density at radius 3 is 2.50 bits per heavy atom. The lowest BCUT2D eigenvalue weighted by Crippen LogP contribution is -2.37. The Labute approximate surface area is 130 Å². The first-order valence-corrected chi connectivity index (χ1v) is 7.22. The number of methoxy groups -OCH3 is 1. The lowest BCUT2D eigenvalue weighted by molar-refractivity contribution is -0.140. The lowest BCUT2D eigenvalue weighted by atomic mass is 10.1. The molecule has 6 heteroatoms. The van der Waals surface area contributed by atoms with Gasteiger partial charge in [-0.1, -0.05) is 18.2 Å². The Kier molecular flexibility index (Phi) is 7.67. The van der Waals surface area contributed by atoms with E-state index in [0.717, 1.165) is 0 Å². The first kappa shape index (κ1) is 17.7. The van der Waals surface area contributed by atoms with Gasteiger partial charge in [-0.15, -0.1) is 0 Å². The van der Waals surface area contributed by atoms with Gasteiger partial charge in [0.15, 0.2) is 0 Å². The average Bonchev–Trinajstić information content (AvgIpc) is 2.51. The third kappa shape index (κ3) is 6.88. The molecule has 1 atom stereocenters. The summed E-state index contributed by atoms with van der Waals surface area (Å²) in [5.41, 5.74) is 0.563. The molecule has 0 radical (unpaired) electrons. The van der Waals surface area contributed by atoms with Crippen molar-refractivity contribution < 1.29 is 19.1 Å². The molecule has 1 unspecified atom stereocenters. The Morgan fingerprint density at radius 2 is 1.86 bits per heavy atom. The van der Waals surface area contributed by atoms with E-state index in [-0.39, 0.29) is 36.7 Å². The van der Waals surface area contributed by atoms with E-state index in [1.165, 1.54) is 7.11 Å². The molecule has 0 bridgehead atoms. The highest BCUT2D eigenvalue weighted by Crippen LogP contribution is 2.00. The maximum Gasteiger partial charge on any atom is 0.305 e. The predicted octanol–water partition coefficient (Wildman–Crippen LogP) is 1.26. The summed E-state index contributed by atoms with van der Waals surface area (Å²) in [5.74, 6) is -0.657. The van der Waals surface area contributed by atoms with Crippen LogP contribution in [0.1, 0.15) is 36.5 Å². The summed E-state index contributed by atoms with van der Waals surface area (Å²) < 4.78 is 4.51. The Morgan fingerprint density at radius 1 is 1.18 bits per heavy atom. The SMILES string of the molecule is COC(=O)CCCNC(=O)CC(C)NC(=O)c1ccccc1. The molecule has 1 rings (SSSR count). The van der Waals surface area contributed by atoms with E-state index in [1.54, 1.807) is 31.2 Å². The van der Waals surface area contributed by atoms with Crippen LogP contribution in [0.15, 0.2) is 30.3 Å². The van der Waals surface area contributed by atoms with Gasteiger partial charge in [-0.25, -0.2) is 0 Å². The van der Waals surface area contributed by atoms with Crippen molar-refractivity contribution in [2.75, 3.05) is 13.7 Å².